The molecule has 0 heterocycles. The van der Waals surface area contributed by atoms with Crippen LogP contribution in [0.25, 0.3) is 0 Å². The van der Waals surface area contributed by atoms with Crippen molar-refractivity contribution in [1.82, 2.24) is 0 Å². The Balaban J connectivity index is 3.51. The second kappa shape index (κ2) is 8.35. The Morgan fingerprint density at radius 2 is 2.00 bits per heavy atom. The van der Waals surface area contributed by atoms with Gasteiger partial charge in [0, 0.05) is 6.42 Å². The Kier molecular flexibility index (Phi) is 7.81. The Morgan fingerprint density at radius 1 is 1.33 bits per heavy atom. The minimum atomic E-state index is -0.176. The highest BCUT2D eigenvalue weighted by atomic mass is 16.5. The Morgan fingerprint density at radius 3 is 2.53 bits per heavy atom. The van der Waals surface area contributed by atoms with Crippen LogP contribution < -0.4 is 0 Å². The molecular formula is C13H22O2. The summed E-state index contributed by atoms with van der Waals surface area (Å²) >= 11 is 0. The fourth-order valence-electron chi connectivity index (χ4n) is 1.44. The highest BCUT2D eigenvalue weighted by molar-refractivity contribution is 5.69. The normalized spacial score (nSPS) is 12.2. The van der Waals surface area contributed by atoms with Crippen molar-refractivity contribution in [3.05, 3.63) is 0 Å². The molecule has 0 aliphatic heterocycles. The molecule has 15 heavy (non-hydrogen) atoms. The summed E-state index contributed by atoms with van der Waals surface area (Å²) in [4.78, 5) is 11.2. The van der Waals surface area contributed by atoms with E-state index >= 15 is 0 Å². The zero-order valence-electron chi connectivity index (χ0n) is 10.1. The second-order valence-electron chi connectivity index (χ2n) is 4.50. The van der Waals surface area contributed by atoms with Crippen molar-refractivity contribution in [3.8, 4) is 12.3 Å². The predicted octanol–water partition coefficient (Wildman–Crippen LogP) is 3.02. The lowest BCUT2D eigenvalue weighted by Gasteiger charge is -2.11. The molecule has 0 aromatic carbocycles. The summed E-state index contributed by atoms with van der Waals surface area (Å²) in [5.74, 6) is 3.25. The number of terminal acetylenes is 1. The molecule has 1 unspecified atom stereocenters. The van der Waals surface area contributed by atoms with Gasteiger partial charge in [-0.15, -0.1) is 6.42 Å². The van der Waals surface area contributed by atoms with Crippen molar-refractivity contribution >= 4 is 5.97 Å². The van der Waals surface area contributed by atoms with Crippen molar-refractivity contribution < 1.29 is 9.53 Å². The number of esters is 1. The minimum Gasteiger partial charge on any atom is -0.452 e. The van der Waals surface area contributed by atoms with Gasteiger partial charge in [-0.25, -0.2) is 0 Å². The summed E-state index contributed by atoms with van der Waals surface area (Å²) in [6.45, 7) is 6.60. The fraction of sp³-hybridized carbons (Fsp3) is 0.769. The van der Waals surface area contributed by atoms with Gasteiger partial charge in [0.25, 0.3) is 0 Å². The van der Waals surface area contributed by atoms with E-state index in [9.17, 15) is 4.79 Å². The van der Waals surface area contributed by atoms with Gasteiger partial charge in [-0.3, -0.25) is 4.79 Å². The van der Waals surface area contributed by atoms with Crippen LogP contribution in [0.15, 0.2) is 0 Å². The molecule has 2 nitrogen and oxygen atoms in total. The van der Waals surface area contributed by atoms with Crippen LogP contribution in [0.3, 0.4) is 0 Å². The molecule has 86 valence electrons. The van der Waals surface area contributed by atoms with Gasteiger partial charge in [-0.2, -0.15) is 0 Å². The molecule has 0 aliphatic carbocycles. The summed E-state index contributed by atoms with van der Waals surface area (Å²) in [5.41, 5.74) is 0. The second-order valence-corrected chi connectivity index (χ2v) is 4.50. The van der Waals surface area contributed by atoms with Crippen molar-refractivity contribution in [1.29, 1.82) is 0 Å². The van der Waals surface area contributed by atoms with Crippen LogP contribution in [0.1, 0.15) is 46.5 Å². The number of carbonyl (C=O) groups is 1. The summed E-state index contributed by atoms with van der Waals surface area (Å²) in [6.07, 6.45) is 8.97. The van der Waals surface area contributed by atoms with Crippen LogP contribution in [0, 0.1) is 24.2 Å². The van der Waals surface area contributed by atoms with Gasteiger partial charge >= 0.3 is 5.97 Å². The van der Waals surface area contributed by atoms with Crippen molar-refractivity contribution in [2.45, 2.75) is 46.5 Å². The van der Waals surface area contributed by atoms with E-state index in [1.807, 2.05) is 0 Å². The van der Waals surface area contributed by atoms with Crippen LogP contribution in [-0.4, -0.2) is 12.6 Å². The lowest BCUT2D eigenvalue weighted by atomic mass is 9.97. The number of rotatable bonds is 7. The molecule has 0 fully saturated rings. The molecule has 0 saturated carbocycles. The SMILES string of the molecule is C#CCOC(=O)CC(C)CCCC(C)C. The molecule has 0 N–H and O–H groups in total. The number of ether oxygens (including phenoxy) is 1. The predicted molar refractivity (Wildman–Crippen MR) is 62.3 cm³/mol. The molecule has 0 aliphatic rings. The van der Waals surface area contributed by atoms with E-state index in [4.69, 9.17) is 11.2 Å². The molecule has 0 aromatic rings. The van der Waals surface area contributed by atoms with Gasteiger partial charge in [-0.05, 0) is 11.8 Å². The maximum atomic E-state index is 11.2. The first kappa shape index (κ1) is 14.0. The van der Waals surface area contributed by atoms with Gasteiger partial charge in [0.15, 0.2) is 6.61 Å². The van der Waals surface area contributed by atoms with E-state index in [1.54, 1.807) is 0 Å². The van der Waals surface area contributed by atoms with Crippen LogP contribution in [0.2, 0.25) is 0 Å². The van der Waals surface area contributed by atoms with E-state index in [-0.39, 0.29) is 12.6 Å². The Hall–Kier alpha value is -0.970. The first-order chi connectivity index (χ1) is 7.06. The third-order valence-corrected chi connectivity index (χ3v) is 2.31. The molecule has 2 heteroatoms. The van der Waals surface area contributed by atoms with E-state index in [1.165, 1.54) is 12.8 Å². The molecular weight excluding hydrogens is 188 g/mol. The highest BCUT2D eigenvalue weighted by Crippen LogP contribution is 2.15. The van der Waals surface area contributed by atoms with Gasteiger partial charge in [0.1, 0.15) is 0 Å². The maximum Gasteiger partial charge on any atom is 0.307 e. The van der Waals surface area contributed by atoms with E-state index in [0.29, 0.717) is 12.3 Å². The van der Waals surface area contributed by atoms with Gasteiger partial charge in [0.2, 0.25) is 0 Å². The van der Waals surface area contributed by atoms with E-state index in [0.717, 1.165) is 12.3 Å². The third-order valence-electron chi connectivity index (χ3n) is 2.31. The molecule has 0 radical (unpaired) electrons. The molecule has 0 spiro atoms. The lowest BCUT2D eigenvalue weighted by Crippen LogP contribution is -2.10. The van der Waals surface area contributed by atoms with Crippen LogP contribution >= 0.6 is 0 Å². The average molecular weight is 210 g/mol. The van der Waals surface area contributed by atoms with E-state index < -0.39 is 0 Å². The summed E-state index contributed by atoms with van der Waals surface area (Å²) in [5, 5.41) is 0. The standard InChI is InChI=1S/C13H22O2/c1-5-9-15-13(14)10-12(4)8-6-7-11(2)3/h1,11-12H,6-10H2,2-4H3. The van der Waals surface area contributed by atoms with Crippen LogP contribution in [0.4, 0.5) is 0 Å². The largest absolute Gasteiger partial charge is 0.452 e. The Labute approximate surface area is 93.4 Å². The molecule has 0 amide bonds. The zero-order chi connectivity index (χ0) is 11.7. The molecule has 0 rings (SSSR count). The fourth-order valence-corrected chi connectivity index (χ4v) is 1.44. The van der Waals surface area contributed by atoms with Crippen LogP contribution in [0.5, 0.6) is 0 Å². The number of carbonyl (C=O) groups excluding carboxylic acids is 1. The average Bonchev–Trinajstić information content (AvgIpc) is 2.14. The van der Waals surface area contributed by atoms with Gasteiger partial charge in [0.05, 0.1) is 0 Å². The molecule has 1 atom stereocenters. The molecule has 0 bridgehead atoms. The number of hydrogen-bond acceptors (Lipinski definition) is 2. The Bertz CT molecular complexity index is 213. The van der Waals surface area contributed by atoms with Gasteiger partial charge in [-0.1, -0.05) is 46.0 Å². The topological polar surface area (TPSA) is 26.3 Å². The van der Waals surface area contributed by atoms with Crippen molar-refractivity contribution in [3.63, 3.8) is 0 Å². The summed E-state index contributed by atoms with van der Waals surface area (Å²) in [6, 6.07) is 0. The third kappa shape index (κ3) is 9.34. The highest BCUT2D eigenvalue weighted by Gasteiger charge is 2.09. The summed E-state index contributed by atoms with van der Waals surface area (Å²) in [7, 11) is 0. The van der Waals surface area contributed by atoms with Crippen molar-refractivity contribution in [2.24, 2.45) is 11.8 Å². The number of hydrogen-bond donors (Lipinski definition) is 0. The summed E-state index contributed by atoms with van der Waals surface area (Å²) < 4.78 is 4.81. The van der Waals surface area contributed by atoms with Crippen LogP contribution in [-0.2, 0) is 9.53 Å². The minimum absolute atomic E-state index is 0.0948. The van der Waals surface area contributed by atoms with E-state index in [2.05, 4.69) is 26.7 Å². The first-order valence-corrected chi connectivity index (χ1v) is 5.65. The smallest absolute Gasteiger partial charge is 0.307 e. The molecule has 0 saturated heterocycles. The van der Waals surface area contributed by atoms with Crippen molar-refractivity contribution in [2.75, 3.05) is 6.61 Å². The van der Waals surface area contributed by atoms with Gasteiger partial charge < -0.3 is 4.74 Å². The quantitative estimate of drug-likeness (QED) is 0.477. The maximum absolute atomic E-state index is 11.2. The lowest BCUT2D eigenvalue weighted by molar-refractivity contribution is -0.143. The molecule has 0 aromatic heterocycles. The zero-order valence-corrected chi connectivity index (χ0v) is 10.1. The monoisotopic (exact) mass is 210 g/mol. The first-order valence-electron chi connectivity index (χ1n) is 5.65.